The summed E-state index contributed by atoms with van der Waals surface area (Å²) in [6.45, 7) is 0. The summed E-state index contributed by atoms with van der Waals surface area (Å²) in [7, 11) is 0. The molecule has 0 radical (unpaired) electrons. The Balaban J connectivity index is 1.81. The molecule has 1 saturated heterocycles. The third-order valence-corrected chi connectivity index (χ3v) is 5.77. The van der Waals surface area contributed by atoms with Crippen LogP contribution in [0.4, 0.5) is 0 Å². The molecule has 2 nitrogen and oxygen atoms in total. The van der Waals surface area contributed by atoms with Gasteiger partial charge in [0.15, 0.2) is 0 Å². The van der Waals surface area contributed by atoms with Gasteiger partial charge in [0.05, 0.1) is 0 Å². The number of hydrogen-bond donors (Lipinski definition) is 0. The van der Waals surface area contributed by atoms with E-state index in [1.165, 1.54) is 4.46 Å². The number of cyclic esters (lactones) is 1. The predicted molar refractivity (Wildman–Crippen MR) is 75.5 cm³/mol. The Hall–Kier alpha value is -1.57. The van der Waals surface area contributed by atoms with Crippen molar-refractivity contribution in [3.05, 3.63) is 66.2 Å². The van der Waals surface area contributed by atoms with Crippen LogP contribution in [-0.4, -0.2) is 20.9 Å². The van der Waals surface area contributed by atoms with Crippen LogP contribution in [0.3, 0.4) is 0 Å². The number of carbonyl (C=O) groups is 1. The van der Waals surface area contributed by atoms with Gasteiger partial charge in [-0.3, -0.25) is 0 Å². The van der Waals surface area contributed by atoms with Crippen LogP contribution in [0.5, 0.6) is 0 Å². The normalized spacial score (nSPS) is 22.2. The molecular formula is C16H14O2Se. The van der Waals surface area contributed by atoms with E-state index >= 15 is 0 Å². The summed E-state index contributed by atoms with van der Waals surface area (Å²) in [6.07, 6.45) is 0.461. The Morgan fingerprint density at radius 2 is 1.58 bits per heavy atom. The first-order chi connectivity index (χ1) is 9.33. The fraction of sp³-hybridized carbons (Fsp3) is 0.188. The third kappa shape index (κ3) is 2.89. The quantitative estimate of drug-likeness (QED) is 0.642. The van der Waals surface area contributed by atoms with E-state index in [-0.39, 0.29) is 27.0 Å². The Bertz CT molecular complexity index is 553. The van der Waals surface area contributed by atoms with Gasteiger partial charge in [-0.25, -0.2) is 0 Å². The Morgan fingerprint density at radius 3 is 2.26 bits per heavy atom. The molecule has 19 heavy (non-hydrogen) atoms. The fourth-order valence-corrected chi connectivity index (χ4v) is 4.80. The molecule has 0 spiro atoms. The Labute approximate surface area is 118 Å². The zero-order valence-corrected chi connectivity index (χ0v) is 12.1. The van der Waals surface area contributed by atoms with E-state index in [2.05, 4.69) is 12.1 Å². The van der Waals surface area contributed by atoms with Crippen molar-refractivity contribution >= 4 is 25.4 Å². The first-order valence-corrected chi connectivity index (χ1v) is 8.13. The van der Waals surface area contributed by atoms with Gasteiger partial charge in [0.25, 0.3) is 0 Å². The average molecular weight is 317 g/mol. The Kier molecular flexibility index (Phi) is 3.67. The van der Waals surface area contributed by atoms with E-state index < -0.39 is 0 Å². The maximum absolute atomic E-state index is 11.6. The van der Waals surface area contributed by atoms with Crippen molar-refractivity contribution < 1.29 is 9.53 Å². The number of carbonyl (C=O) groups excluding carboxylic acids is 1. The van der Waals surface area contributed by atoms with Gasteiger partial charge in [-0.15, -0.1) is 0 Å². The molecule has 1 heterocycles. The van der Waals surface area contributed by atoms with Gasteiger partial charge in [-0.05, 0) is 0 Å². The van der Waals surface area contributed by atoms with E-state index in [1.54, 1.807) is 0 Å². The fourth-order valence-electron chi connectivity index (χ4n) is 2.24. The first-order valence-electron chi connectivity index (χ1n) is 6.29. The van der Waals surface area contributed by atoms with Crippen LogP contribution in [0.25, 0.3) is 0 Å². The van der Waals surface area contributed by atoms with Crippen LogP contribution in [0, 0.1) is 0 Å². The summed E-state index contributed by atoms with van der Waals surface area (Å²) in [5.74, 6) is -0.0725. The van der Waals surface area contributed by atoms with Crippen molar-refractivity contribution in [1.82, 2.24) is 0 Å². The second-order valence-electron chi connectivity index (χ2n) is 4.49. The summed E-state index contributed by atoms with van der Waals surface area (Å²) in [5.41, 5.74) is 1.11. The number of esters is 1. The number of hydrogen-bond acceptors (Lipinski definition) is 2. The van der Waals surface area contributed by atoms with Gasteiger partial charge >= 0.3 is 118 Å². The summed E-state index contributed by atoms with van der Waals surface area (Å²) >= 11 is 0.258. The number of rotatable bonds is 3. The van der Waals surface area contributed by atoms with Gasteiger partial charge in [-0.1, -0.05) is 0 Å². The van der Waals surface area contributed by atoms with Gasteiger partial charge in [0.1, 0.15) is 0 Å². The van der Waals surface area contributed by atoms with Crippen molar-refractivity contribution in [3.63, 3.8) is 0 Å². The summed E-state index contributed by atoms with van der Waals surface area (Å²) in [5, 5.41) is 0. The summed E-state index contributed by atoms with van der Waals surface area (Å²) in [6, 6.07) is 20.4. The minimum atomic E-state index is -0.0751. The molecule has 3 rings (SSSR count). The second kappa shape index (κ2) is 5.60. The van der Waals surface area contributed by atoms with E-state index in [1.807, 2.05) is 48.5 Å². The number of benzene rings is 2. The molecule has 96 valence electrons. The van der Waals surface area contributed by atoms with Gasteiger partial charge < -0.3 is 0 Å². The molecule has 0 aliphatic carbocycles. The van der Waals surface area contributed by atoms with E-state index in [0.29, 0.717) is 11.2 Å². The first kappa shape index (κ1) is 12.5. The summed E-state index contributed by atoms with van der Waals surface area (Å²) < 4.78 is 6.83. The van der Waals surface area contributed by atoms with Gasteiger partial charge in [0, 0.05) is 0 Å². The number of ether oxygens (including phenoxy) is 1. The molecule has 2 atom stereocenters. The minimum absolute atomic E-state index is 0.0725. The molecule has 1 aliphatic heterocycles. The van der Waals surface area contributed by atoms with Crippen LogP contribution < -0.4 is 4.46 Å². The molecule has 1 aliphatic rings. The van der Waals surface area contributed by atoms with Crippen molar-refractivity contribution in [3.8, 4) is 0 Å². The van der Waals surface area contributed by atoms with E-state index in [9.17, 15) is 4.79 Å². The molecule has 2 aromatic carbocycles. The van der Waals surface area contributed by atoms with Gasteiger partial charge in [-0.2, -0.15) is 0 Å². The topological polar surface area (TPSA) is 26.3 Å². The van der Waals surface area contributed by atoms with Crippen LogP contribution in [0.15, 0.2) is 60.7 Å². The molecule has 0 N–H and O–H groups in total. The SMILES string of the molecule is O=C1C[C@H]([Se]c2ccccc2)[C@@H](c2ccccc2)O1. The molecule has 3 heteroatoms. The zero-order valence-electron chi connectivity index (χ0n) is 10.4. The van der Waals surface area contributed by atoms with Crippen molar-refractivity contribution in [2.75, 3.05) is 0 Å². The molecule has 2 aromatic rings. The molecule has 1 fully saturated rings. The van der Waals surface area contributed by atoms with Crippen LogP contribution >= 0.6 is 0 Å². The molecule has 0 unspecified atom stereocenters. The molecule has 0 bridgehead atoms. The van der Waals surface area contributed by atoms with Crippen molar-refractivity contribution in [2.24, 2.45) is 0 Å². The molecule has 0 saturated carbocycles. The maximum atomic E-state index is 11.6. The summed E-state index contributed by atoms with van der Waals surface area (Å²) in [4.78, 5) is 11.9. The third-order valence-electron chi connectivity index (χ3n) is 3.12. The van der Waals surface area contributed by atoms with E-state index in [0.717, 1.165) is 5.56 Å². The van der Waals surface area contributed by atoms with Crippen LogP contribution in [-0.2, 0) is 9.53 Å². The monoisotopic (exact) mass is 318 g/mol. The van der Waals surface area contributed by atoms with Crippen LogP contribution in [0.1, 0.15) is 18.1 Å². The van der Waals surface area contributed by atoms with Crippen LogP contribution in [0.2, 0.25) is 4.82 Å². The van der Waals surface area contributed by atoms with Gasteiger partial charge in [0.2, 0.25) is 0 Å². The van der Waals surface area contributed by atoms with E-state index in [4.69, 9.17) is 4.74 Å². The van der Waals surface area contributed by atoms with Crippen molar-refractivity contribution in [2.45, 2.75) is 17.3 Å². The van der Waals surface area contributed by atoms with Crippen molar-refractivity contribution in [1.29, 1.82) is 0 Å². The average Bonchev–Trinajstić information content (AvgIpc) is 2.82. The Morgan fingerprint density at radius 1 is 0.947 bits per heavy atom. The molecular weight excluding hydrogens is 303 g/mol. The predicted octanol–water partition coefficient (Wildman–Crippen LogP) is 2.49. The standard InChI is InChI=1S/C16H14O2Se/c17-15-11-14(19-13-9-5-2-6-10-13)16(18-15)12-7-3-1-4-8-12/h1-10,14,16H,11H2/t14-,16+/m0/s1. The second-order valence-corrected chi connectivity index (χ2v) is 7.25. The molecule has 0 aromatic heterocycles. The molecule has 0 amide bonds. The zero-order chi connectivity index (χ0) is 13.1.